The van der Waals surface area contributed by atoms with E-state index in [1.54, 1.807) is 4.90 Å². The van der Waals surface area contributed by atoms with Crippen molar-refractivity contribution >= 4 is 11.7 Å². The Bertz CT molecular complexity index is 425. The van der Waals surface area contributed by atoms with Crippen LogP contribution in [-0.4, -0.2) is 37.1 Å². The molecule has 1 aromatic carbocycles. The van der Waals surface area contributed by atoms with Gasteiger partial charge in [-0.3, -0.25) is 0 Å². The van der Waals surface area contributed by atoms with Crippen molar-refractivity contribution in [1.82, 2.24) is 10.2 Å². The summed E-state index contributed by atoms with van der Waals surface area (Å²) < 4.78 is 25.9. The summed E-state index contributed by atoms with van der Waals surface area (Å²) in [4.78, 5) is 12.8. The van der Waals surface area contributed by atoms with E-state index in [9.17, 15) is 13.6 Å². The Hall–Kier alpha value is -1.85. The second-order valence-corrected chi connectivity index (χ2v) is 3.77. The molecule has 2 rings (SSSR count). The van der Waals surface area contributed by atoms with Crippen LogP contribution in [0.25, 0.3) is 0 Å². The second kappa shape index (κ2) is 4.99. The van der Waals surface area contributed by atoms with Crippen molar-refractivity contribution < 1.29 is 13.6 Å². The number of hydrogen-bond acceptors (Lipinski definition) is 2. The number of carbonyl (C=O) groups excluding carboxylic acids is 1. The van der Waals surface area contributed by atoms with Gasteiger partial charge in [0.1, 0.15) is 11.6 Å². The molecule has 0 aliphatic carbocycles. The van der Waals surface area contributed by atoms with Crippen molar-refractivity contribution in [3.8, 4) is 0 Å². The van der Waals surface area contributed by atoms with E-state index in [-0.39, 0.29) is 11.7 Å². The first-order valence-corrected chi connectivity index (χ1v) is 5.38. The Balaban J connectivity index is 1.83. The van der Waals surface area contributed by atoms with Gasteiger partial charge in [-0.25, -0.2) is 13.6 Å². The molecule has 0 radical (unpaired) electrons. The zero-order valence-corrected chi connectivity index (χ0v) is 9.17. The molecule has 0 unspecified atom stereocenters. The van der Waals surface area contributed by atoms with Gasteiger partial charge in [0.05, 0.1) is 5.69 Å². The first-order chi connectivity index (χ1) is 8.16. The van der Waals surface area contributed by atoms with E-state index in [1.807, 2.05) is 0 Å². The number of rotatable bonds is 4. The highest BCUT2D eigenvalue weighted by atomic mass is 19.1. The van der Waals surface area contributed by atoms with E-state index in [0.29, 0.717) is 26.2 Å². The van der Waals surface area contributed by atoms with Gasteiger partial charge in [0.25, 0.3) is 0 Å². The summed E-state index contributed by atoms with van der Waals surface area (Å²) >= 11 is 0. The fourth-order valence-corrected chi connectivity index (χ4v) is 1.68. The number of benzene rings is 1. The van der Waals surface area contributed by atoms with Crippen LogP contribution in [0.5, 0.6) is 0 Å². The van der Waals surface area contributed by atoms with Crippen molar-refractivity contribution in [2.24, 2.45) is 0 Å². The molecule has 0 bridgehead atoms. The van der Waals surface area contributed by atoms with E-state index in [2.05, 4.69) is 10.6 Å². The maximum absolute atomic E-state index is 13.2. The molecule has 2 N–H and O–H groups in total. The Morgan fingerprint density at radius 3 is 2.88 bits per heavy atom. The van der Waals surface area contributed by atoms with Gasteiger partial charge in [-0.05, 0) is 12.1 Å². The number of amides is 2. The Morgan fingerprint density at radius 2 is 2.24 bits per heavy atom. The minimum Gasteiger partial charge on any atom is -0.381 e. The molecule has 2 amide bonds. The van der Waals surface area contributed by atoms with E-state index >= 15 is 0 Å². The van der Waals surface area contributed by atoms with Gasteiger partial charge in [-0.2, -0.15) is 0 Å². The van der Waals surface area contributed by atoms with Crippen molar-refractivity contribution in [3.05, 3.63) is 29.8 Å². The van der Waals surface area contributed by atoms with E-state index < -0.39 is 11.6 Å². The van der Waals surface area contributed by atoms with Crippen LogP contribution < -0.4 is 10.6 Å². The number of urea groups is 1. The van der Waals surface area contributed by atoms with Gasteiger partial charge in [-0.15, -0.1) is 0 Å². The van der Waals surface area contributed by atoms with Gasteiger partial charge in [0, 0.05) is 32.2 Å². The maximum Gasteiger partial charge on any atom is 0.317 e. The molecule has 0 atom stereocenters. The number of nitrogens with one attached hydrogen (secondary N) is 2. The average molecular weight is 241 g/mol. The number of carbonyl (C=O) groups is 1. The van der Waals surface area contributed by atoms with Gasteiger partial charge in [0.15, 0.2) is 0 Å². The van der Waals surface area contributed by atoms with Crippen LogP contribution in [0.3, 0.4) is 0 Å². The lowest BCUT2D eigenvalue weighted by molar-refractivity contribution is 0.219. The van der Waals surface area contributed by atoms with Crippen LogP contribution in [0.15, 0.2) is 18.2 Å². The molecule has 17 heavy (non-hydrogen) atoms. The fourth-order valence-electron chi connectivity index (χ4n) is 1.68. The molecule has 1 heterocycles. The van der Waals surface area contributed by atoms with E-state index in [1.165, 1.54) is 12.1 Å². The number of anilines is 1. The predicted molar refractivity (Wildman–Crippen MR) is 59.8 cm³/mol. The van der Waals surface area contributed by atoms with Crippen LogP contribution >= 0.6 is 0 Å². The monoisotopic (exact) mass is 241 g/mol. The lowest BCUT2D eigenvalue weighted by Crippen LogP contribution is -2.32. The molecular weight excluding hydrogens is 228 g/mol. The average Bonchev–Trinajstić information content (AvgIpc) is 2.68. The normalized spacial score (nSPS) is 14.9. The Kier molecular flexibility index (Phi) is 3.41. The predicted octanol–water partition coefficient (Wildman–Crippen LogP) is 1.40. The second-order valence-electron chi connectivity index (χ2n) is 3.77. The van der Waals surface area contributed by atoms with Crippen LogP contribution in [0, 0.1) is 11.6 Å². The number of hydrogen-bond donors (Lipinski definition) is 2. The first kappa shape index (κ1) is 11.6. The Morgan fingerprint density at radius 1 is 1.41 bits per heavy atom. The molecule has 1 saturated heterocycles. The van der Waals surface area contributed by atoms with Crippen molar-refractivity contribution in [3.63, 3.8) is 0 Å². The molecule has 0 saturated carbocycles. The molecule has 1 aliphatic rings. The third-order valence-corrected chi connectivity index (χ3v) is 2.57. The quantitative estimate of drug-likeness (QED) is 0.837. The van der Waals surface area contributed by atoms with Crippen LogP contribution in [0.4, 0.5) is 19.3 Å². The molecule has 6 heteroatoms. The molecule has 0 aromatic heterocycles. The van der Waals surface area contributed by atoms with E-state index in [0.717, 1.165) is 6.07 Å². The van der Waals surface area contributed by atoms with Crippen LogP contribution in [0.2, 0.25) is 0 Å². The van der Waals surface area contributed by atoms with Crippen molar-refractivity contribution in [2.45, 2.75) is 0 Å². The van der Waals surface area contributed by atoms with Crippen LogP contribution in [0.1, 0.15) is 0 Å². The van der Waals surface area contributed by atoms with Crippen LogP contribution in [-0.2, 0) is 0 Å². The zero-order valence-electron chi connectivity index (χ0n) is 9.17. The SMILES string of the molecule is O=C1NCCN1CCNc1ccc(F)cc1F. The maximum atomic E-state index is 13.2. The lowest BCUT2D eigenvalue weighted by Gasteiger charge is -2.15. The Labute approximate surface area is 97.6 Å². The molecule has 1 aromatic rings. The van der Waals surface area contributed by atoms with Crippen molar-refractivity contribution in [2.75, 3.05) is 31.5 Å². The van der Waals surface area contributed by atoms with Gasteiger partial charge >= 0.3 is 6.03 Å². The van der Waals surface area contributed by atoms with E-state index in [4.69, 9.17) is 0 Å². The molecule has 92 valence electrons. The summed E-state index contributed by atoms with van der Waals surface area (Å²) in [5, 5.41) is 5.50. The number of halogens is 2. The third-order valence-electron chi connectivity index (χ3n) is 2.57. The largest absolute Gasteiger partial charge is 0.381 e. The summed E-state index contributed by atoms with van der Waals surface area (Å²) in [6.07, 6.45) is 0. The van der Waals surface area contributed by atoms with Crippen molar-refractivity contribution in [1.29, 1.82) is 0 Å². The minimum atomic E-state index is -0.629. The first-order valence-electron chi connectivity index (χ1n) is 5.38. The zero-order chi connectivity index (χ0) is 12.3. The van der Waals surface area contributed by atoms with Gasteiger partial charge in [-0.1, -0.05) is 0 Å². The fraction of sp³-hybridized carbons (Fsp3) is 0.364. The highest BCUT2D eigenvalue weighted by molar-refractivity contribution is 5.76. The molecule has 1 aliphatic heterocycles. The van der Waals surface area contributed by atoms with Gasteiger partial charge < -0.3 is 15.5 Å². The summed E-state index contributed by atoms with van der Waals surface area (Å²) in [5.74, 6) is -1.23. The molecule has 1 fully saturated rings. The minimum absolute atomic E-state index is 0.105. The summed E-state index contributed by atoms with van der Waals surface area (Å²) in [6.45, 7) is 2.22. The summed E-state index contributed by atoms with van der Waals surface area (Å²) in [5.41, 5.74) is 0.242. The molecular formula is C11H13F2N3O. The highest BCUT2D eigenvalue weighted by Crippen LogP contribution is 2.14. The highest BCUT2D eigenvalue weighted by Gasteiger charge is 2.18. The van der Waals surface area contributed by atoms with Gasteiger partial charge in [0.2, 0.25) is 0 Å². The topological polar surface area (TPSA) is 44.4 Å². The number of nitrogens with zero attached hydrogens (tertiary/aromatic N) is 1. The summed E-state index contributed by atoms with van der Waals surface area (Å²) in [7, 11) is 0. The molecule has 0 spiro atoms. The summed E-state index contributed by atoms with van der Waals surface area (Å²) in [6, 6.07) is 3.25. The third kappa shape index (κ3) is 2.83. The smallest absolute Gasteiger partial charge is 0.317 e. The lowest BCUT2D eigenvalue weighted by atomic mass is 10.3. The molecule has 4 nitrogen and oxygen atoms in total. The standard InChI is InChI=1S/C11H13F2N3O/c12-8-1-2-10(9(13)7-8)14-3-5-16-6-4-15-11(16)17/h1-2,7,14H,3-6H2,(H,15,17).